The Morgan fingerprint density at radius 1 is 1.42 bits per heavy atom. The molecule has 1 rings (SSSR count). The summed E-state index contributed by atoms with van der Waals surface area (Å²) in [7, 11) is -0.921. The second-order valence-corrected chi connectivity index (χ2v) is 6.36. The van der Waals surface area contributed by atoms with Crippen LogP contribution in [0.2, 0.25) is 5.02 Å². The van der Waals surface area contributed by atoms with Crippen LogP contribution < -0.4 is 11.1 Å². The van der Waals surface area contributed by atoms with E-state index in [-0.39, 0.29) is 12.3 Å². The summed E-state index contributed by atoms with van der Waals surface area (Å²) in [6.45, 7) is 2.05. The van der Waals surface area contributed by atoms with Crippen molar-refractivity contribution >= 4 is 39.7 Å². The first kappa shape index (κ1) is 16.0. The van der Waals surface area contributed by atoms with Gasteiger partial charge in [0.15, 0.2) is 0 Å². The van der Waals surface area contributed by atoms with Crippen molar-refractivity contribution in [1.29, 1.82) is 0 Å². The van der Waals surface area contributed by atoms with Gasteiger partial charge < -0.3 is 11.1 Å². The van der Waals surface area contributed by atoms with E-state index in [1.54, 1.807) is 18.2 Å². The molecule has 0 saturated heterocycles. The molecule has 1 aromatic rings. The number of carbonyl (C=O) groups is 1. The summed E-state index contributed by atoms with van der Waals surface area (Å²) < 4.78 is 11.6. The predicted molar refractivity (Wildman–Crippen MR) is 81.9 cm³/mol. The van der Waals surface area contributed by atoms with Crippen LogP contribution in [0.5, 0.6) is 0 Å². The van der Waals surface area contributed by atoms with Gasteiger partial charge in [0.05, 0.1) is 11.4 Å². The van der Waals surface area contributed by atoms with Gasteiger partial charge in [-0.1, -0.05) is 24.9 Å². The topological polar surface area (TPSA) is 72.2 Å². The van der Waals surface area contributed by atoms with Gasteiger partial charge in [-0.15, -0.1) is 0 Å². The fourth-order valence-electron chi connectivity index (χ4n) is 1.47. The highest BCUT2D eigenvalue weighted by molar-refractivity contribution is 7.84. The average molecular weight is 303 g/mol. The van der Waals surface area contributed by atoms with Crippen molar-refractivity contribution in [2.75, 3.05) is 22.6 Å². The van der Waals surface area contributed by atoms with Crippen LogP contribution in [0.15, 0.2) is 18.2 Å². The molecule has 1 unspecified atom stereocenters. The highest BCUT2D eigenvalue weighted by Crippen LogP contribution is 2.22. The number of nitrogen functional groups attached to an aromatic ring is 1. The van der Waals surface area contributed by atoms with Gasteiger partial charge in [0.1, 0.15) is 0 Å². The Labute approximate surface area is 121 Å². The lowest BCUT2D eigenvalue weighted by Crippen LogP contribution is -2.16. The molecule has 0 aliphatic rings. The molecule has 0 aromatic heterocycles. The third kappa shape index (κ3) is 6.07. The van der Waals surface area contributed by atoms with E-state index in [2.05, 4.69) is 5.32 Å². The zero-order valence-corrected chi connectivity index (χ0v) is 12.5. The maximum atomic E-state index is 11.7. The number of hydrogen-bond donors (Lipinski definition) is 2. The smallest absolute Gasteiger partial charge is 0.225 e. The van der Waals surface area contributed by atoms with E-state index in [9.17, 15) is 9.00 Å². The van der Waals surface area contributed by atoms with Crippen LogP contribution in [0.3, 0.4) is 0 Å². The van der Waals surface area contributed by atoms with Crippen LogP contribution in [-0.2, 0) is 15.6 Å². The largest absolute Gasteiger partial charge is 0.397 e. The molecule has 19 heavy (non-hydrogen) atoms. The van der Waals surface area contributed by atoms with E-state index in [0.29, 0.717) is 27.9 Å². The summed E-state index contributed by atoms with van der Waals surface area (Å²) in [4.78, 5) is 11.7. The van der Waals surface area contributed by atoms with E-state index < -0.39 is 10.8 Å². The second-order valence-electron chi connectivity index (χ2n) is 4.23. The number of carbonyl (C=O) groups excluding carboxylic acids is 1. The van der Waals surface area contributed by atoms with Gasteiger partial charge in [0, 0.05) is 33.7 Å². The lowest BCUT2D eigenvalue weighted by atomic mass is 10.2. The van der Waals surface area contributed by atoms with Crippen LogP contribution in [0, 0.1) is 0 Å². The van der Waals surface area contributed by atoms with Gasteiger partial charge >= 0.3 is 0 Å². The Hall–Kier alpha value is -1.07. The number of hydrogen-bond acceptors (Lipinski definition) is 3. The quantitative estimate of drug-likeness (QED) is 0.761. The van der Waals surface area contributed by atoms with Crippen LogP contribution in [0.4, 0.5) is 11.4 Å². The molecule has 1 amide bonds. The molecular weight excluding hydrogens is 284 g/mol. The Kier molecular flexibility index (Phi) is 6.87. The molecule has 0 bridgehead atoms. The number of amides is 1. The summed E-state index contributed by atoms with van der Waals surface area (Å²) in [5.41, 5.74) is 6.69. The molecule has 1 aromatic carbocycles. The Balaban J connectivity index is 2.41. The molecule has 3 N–H and O–H groups in total. The van der Waals surface area contributed by atoms with Crippen LogP contribution in [0.25, 0.3) is 0 Å². The van der Waals surface area contributed by atoms with Crippen LogP contribution >= 0.6 is 11.6 Å². The molecular formula is C13H19ClN2O2S. The molecule has 4 nitrogen and oxygen atoms in total. The number of halogens is 1. The summed E-state index contributed by atoms with van der Waals surface area (Å²) in [6, 6.07) is 4.90. The van der Waals surface area contributed by atoms with Crippen molar-refractivity contribution in [3.63, 3.8) is 0 Å². The maximum absolute atomic E-state index is 11.7. The highest BCUT2D eigenvalue weighted by Gasteiger charge is 2.08. The molecule has 6 heteroatoms. The van der Waals surface area contributed by atoms with Crippen molar-refractivity contribution in [3.05, 3.63) is 23.2 Å². The summed E-state index contributed by atoms with van der Waals surface area (Å²) in [5, 5.41) is 3.22. The average Bonchev–Trinajstić information content (AvgIpc) is 2.37. The monoisotopic (exact) mass is 302 g/mol. The number of nitrogens with one attached hydrogen (secondary N) is 1. The number of unbranched alkanes of at least 4 members (excludes halogenated alkanes) is 1. The third-order valence-corrected chi connectivity index (χ3v) is 4.21. The molecule has 0 radical (unpaired) electrons. The fraction of sp³-hybridized carbons (Fsp3) is 0.462. The standard InChI is InChI=1S/C13H19ClN2O2S/c1-2-3-7-19(18)8-6-13(17)16-12-5-4-10(14)9-11(12)15/h4-5,9H,2-3,6-8,15H2,1H3,(H,16,17). The Morgan fingerprint density at radius 3 is 2.79 bits per heavy atom. The van der Waals surface area contributed by atoms with Crippen molar-refractivity contribution in [3.8, 4) is 0 Å². The van der Waals surface area contributed by atoms with Gasteiger partial charge in [0.25, 0.3) is 0 Å². The molecule has 0 aliphatic heterocycles. The van der Waals surface area contributed by atoms with E-state index >= 15 is 0 Å². The molecule has 0 aliphatic carbocycles. The normalized spacial score (nSPS) is 12.1. The first-order chi connectivity index (χ1) is 9.02. The predicted octanol–water partition coefficient (Wildman–Crippen LogP) is 2.80. The van der Waals surface area contributed by atoms with Crippen molar-refractivity contribution in [2.24, 2.45) is 0 Å². The van der Waals surface area contributed by atoms with Crippen LogP contribution in [-0.4, -0.2) is 21.6 Å². The first-order valence-corrected chi connectivity index (χ1v) is 8.09. The minimum absolute atomic E-state index is 0.182. The number of nitrogens with two attached hydrogens (primary N) is 1. The Morgan fingerprint density at radius 2 is 2.16 bits per heavy atom. The maximum Gasteiger partial charge on any atom is 0.225 e. The zero-order chi connectivity index (χ0) is 14.3. The molecule has 0 heterocycles. The van der Waals surface area contributed by atoms with E-state index in [0.717, 1.165) is 12.8 Å². The first-order valence-electron chi connectivity index (χ1n) is 6.22. The highest BCUT2D eigenvalue weighted by atomic mass is 35.5. The minimum atomic E-state index is -0.921. The fourth-order valence-corrected chi connectivity index (χ4v) is 2.88. The number of anilines is 2. The lowest BCUT2D eigenvalue weighted by molar-refractivity contribution is -0.115. The van der Waals surface area contributed by atoms with E-state index in [4.69, 9.17) is 17.3 Å². The minimum Gasteiger partial charge on any atom is -0.397 e. The van der Waals surface area contributed by atoms with Gasteiger partial charge in [-0.05, 0) is 24.6 Å². The molecule has 0 spiro atoms. The van der Waals surface area contributed by atoms with E-state index in [1.807, 2.05) is 6.92 Å². The SMILES string of the molecule is CCCCS(=O)CCC(=O)Nc1ccc(Cl)cc1N. The van der Waals surface area contributed by atoms with Gasteiger partial charge in [-0.25, -0.2) is 0 Å². The number of benzene rings is 1. The second kappa shape index (κ2) is 8.17. The Bertz CT molecular complexity index is 466. The third-order valence-electron chi connectivity index (χ3n) is 2.57. The summed E-state index contributed by atoms with van der Waals surface area (Å²) >= 11 is 5.77. The molecule has 106 valence electrons. The molecule has 1 atom stereocenters. The lowest BCUT2D eigenvalue weighted by Gasteiger charge is -2.08. The molecule has 0 fully saturated rings. The number of rotatable bonds is 7. The van der Waals surface area contributed by atoms with Gasteiger partial charge in [-0.3, -0.25) is 9.00 Å². The van der Waals surface area contributed by atoms with Crippen molar-refractivity contribution < 1.29 is 9.00 Å². The van der Waals surface area contributed by atoms with Crippen LogP contribution in [0.1, 0.15) is 26.2 Å². The van der Waals surface area contributed by atoms with Crippen molar-refractivity contribution in [1.82, 2.24) is 0 Å². The summed E-state index contributed by atoms with van der Waals surface area (Å²) in [5.74, 6) is 0.866. The summed E-state index contributed by atoms with van der Waals surface area (Å²) in [6.07, 6.45) is 2.18. The zero-order valence-electron chi connectivity index (χ0n) is 10.9. The van der Waals surface area contributed by atoms with Gasteiger partial charge in [0.2, 0.25) is 5.91 Å². The van der Waals surface area contributed by atoms with Gasteiger partial charge in [-0.2, -0.15) is 0 Å². The molecule has 0 saturated carbocycles. The van der Waals surface area contributed by atoms with Crippen molar-refractivity contribution in [2.45, 2.75) is 26.2 Å². The van der Waals surface area contributed by atoms with E-state index in [1.165, 1.54) is 0 Å².